The fourth-order valence-electron chi connectivity index (χ4n) is 3.35. The molecule has 0 saturated carbocycles. The quantitative estimate of drug-likeness (QED) is 0.295. The van der Waals surface area contributed by atoms with Crippen LogP contribution in [-0.4, -0.2) is 30.9 Å². The van der Waals surface area contributed by atoms with Gasteiger partial charge in [-0.2, -0.15) is 0 Å². The van der Waals surface area contributed by atoms with E-state index in [1.54, 1.807) is 55.6 Å². The number of para-hydroxylation sites is 1. The first kappa shape index (κ1) is 21.7. The van der Waals surface area contributed by atoms with Crippen molar-refractivity contribution in [1.29, 1.82) is 0 Å². The standard InChI is InChI=1S/C24H21FN2O4S/c1-29-20-10-8-15(12-18(20)25)14-32-24-26-19-7-5-4-6-17(19)23(28)27(24)16-9-11-21(30-2)22(13-16)31-3/h4-13H,14H2,1-3H3. The van der Waals surface area contributed by atoms with Crippen LogP contribution in [0.15, 0.2) is 70.6 Å². The molecule has 0 spiro atoms. The second-order valence-electron chi connectivity index (χ2n) is 6.85. The number of ether oxygens (including phenoxy) is 3. The Kier molecular flexibility index (Phi) is 6.32. The van der Waals surface area contributed by atoms with Crippen LogP contribution in [0.5, 0.6) is 17.2 Å². The van der Waals surface area contributed by atoms with Gasteiger partial charge in [0.2, 0.25) is 0 Å². The van der Waals surface area contributed by atoms with Crippen molar-refractivity contribution in [2.75, 3.05) is 21.3 Å². The highest BCUT2D eigenvalue weighted by atomic mass is 32.2. The average Bonchev–Trinajstić information content (AvgIpc) is 2.82. The van der Waals surface area contributed by atoms with E-state index in [9.17, 15) is 9.18 Å². The molecule has 0 bridgehead atoms. The van der Waals surface area contributed by atoms with Gasteiger partial charge in [0.05, 0.1) is 37.9 Å². The lowest BCUT2D eigenvalue weighted by Crippen LogP contribution is -2.21. The van der Waals surface area contributed by atoms with Crippen molar-refractivity contribution in [2.45, 2.75) is 10.9 Å². The molecular formula is C24H21FN2O4S. The lowest BCUT2D eigenvalue weighted by Gasteiger charge is -2.15. The molecule has 0 unspecified atom stereocenters. The van der Waals surface area contributed by atoms with E-state index in [0.717, 1.165) is 5.56 Å². The SMILES string of the molecule is COc1ccc(CSc2nc3ccccc3c(=O)n2-c2ccc(OC)c(OC)c2)cc1F. The van der Waals surface area contributed by atoms with Crippen molar-refractivity contribution in [2.24, 2.45) is 0 Å². The maximum absolute atomic E-state index is 14.1. The number of thioether (sulfide) groups is 1. The maximum atomic E-state index is 14.1. The minimum atomic E-state index is -0.436. The molecule has 0 radical (unpaired) electrons. The Bertz CT molecular complexity index is 1340. The summed E-state index contributed by atoms with van der Waals surface area (Å²) in [6.07, 6.45) is 0. The van der Waals surface area contributed by atoms with E-state index in [0.29, 0.717) is 39.0 Å². The van der Waals surface area contributed by atoms with Crippen molar-refractivity contribution < 1.29 is 18.6 Å². The van der Waals surface area contributed by atoms with Crippen LogP contribution < -0.4 is 19.8 Å². The number of rotatable bonds is 7. The Morgan fingerprint density at radius 3 is 2.34 bits per heavy atom. The van der Waals surface area contributed by atoms with E-state index in [-0.39, 0.29) is 11.3 Å². The van der Waals surface area contributed by atoms with Gasteiger partial charge in [-0.05, 0) is 42.0 Å². The van der Waals surface area contributed by atoms with Gasteiger partial charge in [0.15, 0.2) is 28.2 Å². The summed E-state index contributed by atoms with van der Waals surface area (Å²) in [6, 6.07) is 17.2. The zero-order valence-corrected chi connectivity index (χ0v) is 18.6. The Morgan fingerprint density at radius 1 is 0.906 bits per heavy atom. The molecule has 0 aliphatic heterocycles. The average molecular weight is 453 g/mol. The van der Waals surface area contributed by atoms with Crippen molar-refractivity contribution in [3.05, 3.63) is 82.4 Å². The molecule has 0 N–H and O–H groups in total. The van der Waals surface area contributed by atoms with E-state index < -0.39 is 5.82 Å². The summed E-state index contributed by atoms with van der Waals surface area (Å²) in [5.74, 6) is 1.22. The highest BCUT2D eigenvalue weighted by Gasteiger charge is 2.16. The van der Waals surface area contributed by atoms with Crippen LogP contribution >= 0.6 is 11.8 Å². The second-order valence-corrected chi connectivity index (χ2v) is 7.79. The molecule has 6 nitrogen and oxygen atoms in total. The molecule has 4 rings (SSSR count). The van der Waals surface area contributed by atoms with E-state index in [1.165, 1.54) is 36.6 Å². The van der Waals surface area contributed by atoms with Crippen molar-refractivity contribution >= 4 is 22.7 Å². The Labute approximate surface area is 188 Å². The van der Waals surface area contributed by atoms with Gasteiger partial charge in [0, 0.05) is 11.8 Å². The van der Waals surface area contributed by atoms with Crippen molar-refractivity contribution in [3.8, 4) is 22.9 Å². The predicted octanol–water partition coefficient (Wildman–Crippen LogP) is 4.84. The number of aromatic nitrogens is 2. The summed E-state index contributed by atoms with van der Waals surface area (Å²) in [7, 11) is 4.52. The van der Waals surface area contributed by atoms with Crippen LogP contribution in [0.4, 0.5) is 4.39 Å². The molecule has 0 amide bonds. The smallest absolute Gasteiger partial charge is 0.266 e. The highest BCUT2D eigenvalue weighted by Crippen LogP contribution is 2.31. The monoisotopic (exact) mass is 452 g/mol. The first-order valence-corrected chi connectivity index (χ1v) is 10.7. The molecule has 0 aliphatic carbocycles. The van der Waals surface area contributed by atoms with Gasteiger partial charge >= 0.3 is 0 Å². The topological polar surface area (TPSA) is 62.6 Å². The van der Waals surface area contributed by atoms with Crippen LogP contribution in [0.3, 0.4) is 0 Å². The molecule has 164 valence electrons. The van der Waals surface area contributed by atoms with Crippen LogP contribution in [0.1, 0.15) is 5.56 Å². The number of fused-ring (bicyclic) bond motifs is 1. The van der Waals surface area contributed by atoms with Gasteiger partial charge in [-0.15, -0.1) is 0 Å². The van der Waals surface area contributed by atoms with Gasteiger partial charge < -0.3 is 14.2 Å². The minimum absolute atomic E-state index is 0.185. The molecule has 3 aromatic carbocycles. The van der Waals surface area contributed by atoms with Gasteiger partial charge in [0.1, 0.15) is 0 Å². The normalized spacial score (nSPS) is 10.9. The summed E-state index contributed by atoms with van der Waals surface area (Å²) < 4.78 is 31.4. The predicted molar refractivity (Wildman–Crippen MR) is 123 cm³/mol. The zero-order valence-electron chi connectivity index (χ0n) is 17.8. The summed E-state index contributed by atoms with van der Waals surface area (Å²) in [5.41, 5.74) is 1.73. The third-order valence-corrected chi connectivity index (χ3v) is 5.96. The fraction of sp³-hybridized carbons (Fsp3) is 0.167. The van der Waals surface area contributed by atoms with Crippen LogP contribution in [0.2, 0.25) is 0 Å². The summed E-state index contributed by atoms with van der Waals surface area (Å²) in [5, 5.41) is 0.985. The number of halogens is 1. The molecule has 32 heavy (non-hydrogen) atoms. The number of hydrogen-bond donors (Lipinski definition) is 0. The Balaban J connectivity index is 1.81. The van der Waals surface area contributed by atoms with E-state index >= 15 is 0 Å². The Hall–Kier alpha value is -3.52. The van der Waals surface area contributed by atoms with Crippen LogP contribution in [0, 0.1) is 5.82 Å². The molecule has 0 aliphatic rings. The van der Waals surface area contributed by atoms with Gasteiger partial charge in [-0.25, -0.2) is 9.37 Å². The number of nitrogens with zero attached hydrogens (tertiary/aromatic N) is 2. The maximum Gasteiger partial charge on any atom is 0.266 e. The molecular weight excluding hydrogens is 431 g/mol. The minimum Gasteiger partial charge on any atom is -0.494 e. The number of methoxy groups -OCH3 is 3. The van der Waals surface area contributed by atoms with Crippen molar-refractivity contribution in [1.82, 2.24) is 9.55 Å². The molecule has 1 heterocycles. The molecule has 0 saturated heterocycles. The third kappa shape index (κ3) is 4.13. The number of benzene rings is 3. The first-order chi connectivity index (χ1) is 15.5. The Morgan fingerprint density at radius 2 is 1.62 bits per heavy atom. The lowest BCUT2D eigenvalue weighted by atomic mass is 10.2. The van der Waals surface area contributed by atoms with Gasteiger partial charge in [-0.1, -0.05) is 30.0 Å². The molecule has 1 aromatic heterocycles. The fourth-order valence-corrected chi connectivity index (χ4v) is 4.30. The van der Waals surface area contributed by atoms with Gasteiger partial charge in [0.25, 0.3) is 5.56 Å². The summed E-state index contributed by atoms with van der Waals surface area (Å²) in [6.45, 7) is 0. The summed E-state index contributed by atoms with van der Waals surface area (Å²) in [4.78, 5) is 18.1. The molecule has 8 heteroatoms. The number of hydrogen-bond acceptors (Lipinski definition) is 6. The first-order valence-electron chi connectivity index (χ1n) is 9.75. The zero-order chi connectivity index (χ0) is 22.7. The van der Waals surface area contributed by atoms with E-state index in [2.05, 4.69) is 0 Å². The van der Waals surface area contributed by atoms with E-state index in [4.69, 9.17) is 19.2 Å². The van der Waals surface area contributed by atoms with Crippen LogP contribution in [0.25, 0.3) is 16.6 Å². The molecule has 0 fully saturated rings. The van der Waals surface area contributed by atoms with Crippen LogP contribution in [-0.2, 0) is 5.75 Å². The highest BCUT2D eigenvalue weighted by molar-refractivity contribution is 7.98. The second kappa shape index (κ2) is 9.32. The molecule has 0 atom stereocenters. The van der Waals surface area contributed by atoms with E-state index in [1.807, 2.05) is 6.07 Å². The lowest BCUT2D eigenvalue weighted by molar-refractivity contribution is 0.354. The van der Waals surface area contributed by atoms with Crippen molar-refractivity contribution in [3.63, 3.8) is 0 Å². The largest absolute Gasteiger partial charge is 0.494 e. The molecule has 4 aromatic rings. The van der Waals surface area contributed by atoms with Gasteiger partial charge in [-0.3, -0.25) is 9.36 Å². The summed E-state index contributed by atoms with van der Waals surface area (Å²) >= 11 is 1.34. The third-order valence-electron chi connectivity index (χ3n) is 4.95.